The van der Waals surface area contributed by atoms with Crippen LogP contribution in [0.15, 0.2) is 71.7 Å². The van der Waals surface area contributed by atoms with Crippen molar-refractivity contribution in [2.24, 2.45) is 7.05 Å². The Balaban J connectivity index is 1.35. The largest absolute Gasteiger partial charge is 0.369 e. The van der Waals surface area contributed by atoms with Gasteiger partial charge in [0.1, 0.15) is 5.52 Å². The predicted octanol–water partition coefficient (Wildman–Crippen LogP) is 4.70. The molecule has 0 atom stereocenters. The summed E-state index contributed by atoms with van der Waals surface area (Å²) in [5.41, 5.74) is 5.39. The number of aromatic nitrogens is 5. The van der Waals surface area contributed by atoms with Gasteiger partial charge >= 0.3 is 0 Å². The lowest BCUT2D eigenvalue weighted by Crippen LogP contribution is -2.44. The van der Waals surface area contributed by atoms with Gasteiger partial charge in [0.25, 0.3) is 5.56 Å². The van der Waals surface area contributed by atoms with E-state index in [0.717, 1.165) is 48.8 Å². The lowest BCUT2D eigenvalue weighted by atomic mass is 10.1. The van der Waals surface area contributed by atoms with Crippen LogP contribution in [0.1, 0.15) is 11.4 Å². The summed E-state index contributed by atoms with van der Waals surface area (Å²) in [4.78, 5) is 27.8. The minimum atomic E-state index is -0.230. The van der Waals surface area contributed by atoms with Gasteiger partial charge in [-0.25, -0.2) is 9.97 Å². The maximum absolute atomic E-state index is 13.9. The minimum Gasteiger partial charge on any atom is -0.369 e. The molecule has 6 rings (SSSR count). The second kappa shape index (κ2) is 10.7. The Hall–Kier alpha value is -4.21. The summed E-state index contributed by atoms with van der Waals surface area (Å²) in [7, 11) is 4.04. The molecule has 1 aliphatic rings. The molecule has 0 bridgehead atoms. The fraction of sp³-hybridized carbons (Fsp3) is 0.267. The second-order valence-electron chi connectivity index (χ2n) is 10.3. The van der Waals surface area contributed by atoms with Gasteiger partial charge in [-0.05, 0) is 56.4 Å². The molecule has 9 nitrogen and oxygen atoms in total. The summed E-state index contributed by atoms with van der Waals surface area (Å²) in [6, 6.07) is 19.6. The lowest BCUT2D eigenvalue weighted by molar-refractivity contribution is 0.313. The van der Waals surface area contributed by atoms with E-state index in [1.165, 1.54) is 5.69 Å². The number of rotatable bonds is 6. The van der Waals surface area contributed by atoms with E-state index in [2.05, 4.69) is 49.4 Å². The van der Waals surface area contributed by atoms with E-state index in [9.17, 15) is 4.79 Å². The third-order valence-corrected chi connectivity index (χ3v) is 7.80. The number of fused-ring (bicyclic) bond motifs is 1. The molecule has 1 saturated heterocycles. The Labute approximate surface area is 237 Å². The third kappa shape index (κ3) is 5.17. The first-order chi connectivity index (χ1) is 19.4. The van der Waals surface area contributed by atoms with E-state index in [1.54, 1.807) is 15.4 Å². The summed E-state index contributed by atoms with van der Waals surface area (Å²) in [6.45, 7) is 6.41. The van der Waals surface area contributed by atoms with Gasteiger partial charge in [0.05, 0.1) is 17.9 Å². The average molecular weight is 555 g/mol. The highest BCUT2D eigenvalue weighted by atomic mass is 35.5. The van der Waals surface area contributed by atoms with Gasteiger partial charge in [-0.2, -0.15) is 5.10 Å². The minimum absolute atomic E-state index is 0.230. The fourth-order valence-corrected chi connectivity index (χ4v) is 5.30. The summed E-state index contributed by atoms with van der Waals surface area (Å²) >= 11 is 6.57. The Morgan fingerprint density at radius 1 is 0.975 bits per heavy atom. The van der Waals surface area contributed by atoms with Crippen LogP contribution in [0.5, 0.6) is 0 Å². The van der Waals surface area contributed by atoms with Crippen molar-refractivity contribution in [1.82, 2.24) is 29.2 Å². The lowest BCUT2D eigenvalue weighted by Gasteiger charge is -2.34. The van der Waals surface area contributed by atoms with Crippen molar-refractivity contribution in [3.05, 3.63) is 93.6 Å². The van der Waals surface area contributed by atoms with E-state index in [0.29, 0.717) is 27.6 Å². The fourth-order valence-electron chi connectivity index (χ4n) is 5.06. The maximum atomic E-state index is 13.9. The van der Waals surface area contributed by atoms with E-state index in [4.69, 9.17) is 11.6 Å². The molecule has 3 aromatic heterocycles. The van der Waals surface area contributed by atoms with Crippen molar-refractivity contribution in [2.75, 3.05) is 43.4 Å². The first kappa shape index (κ1) is 26.0. The molecular formula is C30H31ClN8O. The van der Waals surface area contributed by atoms with Crippen molar-refractivity contribution in [2.45, 2.75) is 13.5 Å². The van der Waals surface area contributed by atoms with E-state index in [-0.39, 0.29) is 12.1 Å². The van der Waals surface area contributed by atoms with Crippen molar-refractivity contribution in [3.8, 4) is 11.3 Å². The average Bonchev–Trinajstić information content (AvgIpc) is 3.28. The van der Waals surface area contributed by atoms with Crippen LogP contribution in [0.3, 0.4) is 0 Å². The standard InChI is InChI=1S/C30H31ClN8O/c1-20-16-23(35-37(20)3)19-39-27(25-6-4-5-7-26(25)31)17-21-18-32-30(34-28(21)29(39)40)33-22-8-10-24(11-9-22)38-14-12-36(2)13-15-38/h4-11,16-18H,12-15,19H2,1-3H3,(H,32,33,34). The molecule has 1 fully saturated rings. The Bertz CT molecular complexity index is 1720. The highest BCUT2D eigenvalue weighted by molar-refractivity contribution is 6.33. The van der Waals surface area contributed by atoms with Gasteiger partial charge in [0.2, 0.25) is 5.95 Å². The maximum Gasteiger partial charge on any atom is 0.278 e. The summed E-state index contributed by atoms with van der Waals surface area (Å²) in [6.07, 6.45) is 1.68. The zero-order valence-electron chi connectivity index (χ0n) is 22.8. The van der Waals surface area contributed by atoms with Crippen LogP contribution in [0.2, 0.25) is 5.02 Å². The van der Waals surface area contributed by atoms with Gasteiger partial charge in [0, 0.05) is 72.5 Å². The van der Waals surface area contributed by atoms with Crippen molar-refractivity contribution in [3.63, 3.8) is 0 Å². The molecule has 0 radical (unpaired) electrons. The van der Waals surface area contributed by atoms with Gasteiger partial charge < -0.3 is 19.7 Å². The number of benzene rings is 2. The number of likely N-dealkylation sites (N-methyl/N-ethyl adjacent to an activating group) is 1. The molecule has 204 valence electrons. The van der Waals surface area contributed by atoms with E-state index in [1.807, 2.05) is 62.5 Å². The predicted molar refractivity (Wildman–Crippen MR) is 161 cm³/mol. The van der Waals surface area contributed by atoms with Crippen LogP contribution in [0.25, 0.3) is 22.2 Å². The highest BCUT2D eigenvalue weighted by Gasteiger charge is 2.18. The monoisotopic (exact) mass is 554 g/mol. The zero-order valence-corrected chi connectivity index (χ0v) is 23.6. The SMILES string of the molecule is Cc1cc(Cn2c(-c3ccccc3Cl)cc3cnc(Nc4ccc(N5CCN(C)CC5)cc4)nc3c2=O)nn1C. The molecule has 5 aromatic rings. The van der Waals surface area contributed by atoms with E-state index < -0.39 is 0 Å². The number of hydrogen-bond donors (Lipinski definition) is 1. The summed E-state index contributed by atoms with van der Waals surface area (Å²) in [5.74, 6) is 0.364. The molecule has 0 saturated carbocycles. The first-order valence-corrected chi connectivity index (χ1v) is 13.7. The van der Waals surface area contributed by atoms with Gasteiger partial charge in [-0.1, -0.05) is 29.8 Å². The normalized spacial score (nSPS) is 14.2. The molecule has 10 heteroatoms. The molecule has 0 aliphatic carbocycles. The van der Waals surface area contributed by atoms with Gasteiger partial charge in [-0.15, -0.1) is 0 Å². The van der Waals surface area contributed by atoms with Crippen LogP contribution >= 0.6 is 11.6 Å². The number of anilines is 3. The molecule has 0 spiro atoms. The smallest absolute Gasteiger partial charge is 0.278 e. The number of nitrogens with one attached hydrogen (secondary N) is 1. The Kier molecular flexibility index (Phi) is 7.00. The van der Waals surface area contributed by atoms with Crippen molar-refractivity contribution >= 4 is 39.8 Å². The highest BCUT2D eigenvalue weighted by Crippen LogP contribution is 2.29. The third-order valence-electron chi connectivity index (χ3n) is 7.47. The van der Waals surface area contributed by atoms with Crippen molar-refractivity contribution < 1.29 is 0 Å². The second-order valence-corrected chi connectivity index (χ2v) is 10.7. The number of pyridine rings is 1. The zero-order chi connectivity index (χ0) is 27.8. The van der Waals surface area contributed by atoms with Crippen LogP contribution in [-0.2, 0) is 13.6 Å². The number of aryl methyl sites for hydroxylation is 2. The Morgan fingerprint density at radius 3 is 2.42 bits per heavy atom. The molecule has 0 amide bonds. The molecule has 40 heavy (non-hydrogen) atoms. The number of piperazine rings is 1. The molecule has 1 N–H and O–H groups in total. The number of nitrogens with zero attached hydrogens (tertiary/aromatic N) is 7. The van der Waals surface area contributed by atoms with Crippen LogP contribution < -0.4 is 15.8 Å². The Morgan fingerprint density at radius 2 is 1.73 bits per heavy atom. The molecule has 4 heterocycles. The quantitative estimate of drug-likeness (QED) is 0.326. The topological polar surface area (TPSA) is 84.1 Å². The van der Waals surface area contributed by atoms with Gasteiger partial charge in [-0.3, -0.25) is 9.48 Å². The molecule has 0 unspecified atom stereocenters. The van der Waals surface area contributed by atoms with Crippen LogP contribution in [0, 0.1) is 6.92 Å². The first-order valence-electron chi connectivity index (χ1n) is 13.3. The summed E-state index contributed by atoms with van der Waals surface area (Å²) in [5, 5.41) is 9.04. The van der Waals surface area contributed by atoms with Crippen molar-refractivity contribution in [1.29, 1.82) is 0 Å². The van der Waals surface area contributed by atoms with Gasteiger partial charge in [0.15, 0.2) is 0 Å². The molecule has 1 aliphatic heterocycles. The number of hydrogen-bond acceptors (Lipinski definition) is 7. The number of halogens is 1. The van der Waals surface area contributed by atoms with Crippen LogP contribution in [-0.4, -0.2) is 62.4 Å². The van der Waals surface area contributed by atoms with Crippen LogP contribution in [0.4, 0.5) is 17.3 Å². The molecular weight excluding hydrogens is 524 g/mol. The molecule has 2 aromatic carbocycles. The van der Waals surface area contributed by atoms with E-state index >= 15 is 0 Å². The summed E-state index contributed by atoms with van der Waals surface area (Å²) < 4.78 is 3.49.